The number of esters is 1. The van der Waals surface area contributed by atoms with Crippen LogP contribution in [0.5, 0.6) is 5.75 Å². The molecule has 1 aliphatic rings. The fourth-order valence-electron chi connectivity index (χ4n) is 2.79. The van der Waals surface area contributed by atoms with Crippen molar-refractivity contribution in [2.45, 2.75) is 23.5 Å². The van der Waals surface area contributed by atoms with Crippen LogP contribution in [0.25, 0.3) is 0 Å². The van der Waals surface area contributed by atoms with Gasteiger partial charge in [0.2, 0.25) is 0 Å². The van der Waals surface area contributed by atoms with Crippen LogP contribution in [0.15, 0.2) is 53.4 Å². The first-order valence-electron chi connectivity index (χ1n) is 8.96. The summed E-state index contributed by atoms with van der Waals surface area (Å²) in [5.74, 6) is -0.439. The van der Waals surface area contributed by atoms with E-state index in [9.17, 15) is 14.4 Å². The molecule has 0 aliphatic carbocycles. The minimum atomic E-state index is -0.626. The van der Waals surface area contributed by atoms with Gasteiger partial charge in [0.1, 0.15) is 12.0 Å². The molecule has 146 valence electrons. The molecule has 1 aliphatic heterocycles. The normalized spacial score (nSPS) is 15.9. The lowest BCUT2D eigenvalue weighted by Gasteiger charge is -2.22. The second-order valence-electron chi connectivity index (χ2n) is 6.37. The maximum atomic E-state index is 12.6. The zero-order chi connectivity index (χ0) is 19.9. The van der Waals surface area contributed by atoms with Crippen molar-refractivity contribution < 1.29 is 23.9 Å². The van der Waals surface area contributed by atoms with Crippen LogP contribution in [0.4, 0.5) is 5.69 Å². The van der Waals surface area contributed by atoms with E-state index in [0.717, 1.165) is 23.3 Å². The molecule has 6 nitrogen and oxygen atoms in total. The Morgan fingerprint density at radius 1 is 1.14 bits per heavy atom. The number of para-hydroxylation sites is 1. The van der Waals surface area contributed by atoms with Gasteiger partial charge in [-0.3, -0.25) is 9.59 Å². The maximum absolute atomic E-state index is 12.6. The molecule has 0 saturated carbocycles. The summed E-state index contributed by atoms with van der Waals surface area (Å²) in [6.45, 7) is 2.08. The number of carbonyl (C=O) groups excluding carboxylic acids is 3. The summed E-state index contributed by atoms with van der Waals surface area (Å²) < 4.78 is 10.4. The van der Waals surface area contributed by atoms with Crippen LogP contribution in [0.1, 0.15) is 23.7 Å². The van der Waals surface area contributed by atoms with E-state index in [1.807, 2.05) is 24.3 Å². The highest BCUT2D eigenvalue weighted by Crippen LogP contribution is 2.37. The van der Waals surface area contributed by atoms with Crippen LogP contribution in [0, 0.1) is 0 Å². The van der Waals surface area contributed by atoms with E-state index in [4.69, 9.17) is 9.47 Å². The van der Waals surface area contributed by atoms with Crippen molar-refractivity contribution in [3.8, 4) is 5.75 Å². The molecule has 0 aromatic heterocycles. The first-order valence-corrected chi connectivity index (χ1v) is 9.84. The summed E-state index contributed by atoms with van der Waals surface area (Å²) in [6.07, 6.45) is 1.59. The van der Waals surface area contributed by atoms with E-state index in [-0.39, 0.29) is 19.1 Å². The van der Waals surface area contributed by atoms with Gasteiger partial charge < -0.3 is 14.4 Å². The number of benzene rings is 2. The number of anilines is 1. The van der Waals surface area contributed by atoms with Crippen molar-refractivity contribution in [2.75, 3.05) is 24.7 Å². The highest BCUT2D eigenvalue weighted by atomic mass is 32.2. The van der Waals surface area contributed by atoms with Gasteiger partial charge in [0.15, 0.2) is 13.2 Å². The van der Waals surface area contributed by atoms with E-state index in [2.05, 4.69) is 6.92 Å². The number of carbonyl (C=O) groups is 3. The van der Waals surface area contributed by atoms with Crippen LogP contribution < -0.4 is 9.64 Å². The lowest BCUT2D eigenvalue weighted by Crippen LogP contribution is -2.36. The molecule has 3 rings (SSSR count). The Bertz CT molecular complexity index is 852. The van der Waals surface area contributed by atoms with Gasteiger partial charge in [-0.25, -0.2) is 4.79 Å². The zero-order valence-electron chi connectivity index (χ0n) is 15.5. The summed E-state index contributed by atoms with van der Waals surface area (Å²) in [6, 6.07) is 14.1. The number of ether oxygens (including phenoxy) is 2. The third-order valence-electron chi connectivity index (χ3n) is 4.27. The molecule has 0 saturated heterocycles. The average molecular weight is 399 g/mol. The van der Waals surface area contributed by atoms with Gasteiger partial charge in [-0.2, -0.15) is 0 Å². The second kappa shape index (κ2) is 9.41. The summed E-state index contributed by atoms with van der Waals surface area (Å²) >= 11 is 1.74. The van der Waals surface area contributed by atoms with Crippen molar-refractivity contribution in [1.82, 2.24) is 0 Å². The fraction of sp³-hybridized carbons (Fsp3) is 0.286. The molecule has 0 N–H and O–H groups in total. The standard InChI is InChI=1S/C21H21NO5S/c1-15-10-11-22(18-4-2-3-5-19(18)28-15)20(24)13-27-21(25)14-26-17-8-6-16(12-23)7-9-17/h2-9,12,15H,10-11,13-14H2,1H3/t15-/m0/s1. The van der Waals surface area contributed by atoms with Gasteiger partial charge in [-0.1, -0.05) is 19.1 Å². The molecule has 2 aromatic carbocycles. The predicted molar refractivity (Wildman–Crippen MR) is 107 cm³/mol. The lowest BCUT2D eigenvalue weighted by atomic mass is 10.2. The molecule has 0 fully saturated rings. The molecular formula is C21H21NO5S. The highest BCUT2D eigenvalue weighted by molar-refractivity contribution is 8.00. The van der Waals surface area contributed by atoms with E-state index in [0.29, 0.717) is 23.1 Å². The number of aldehydes is 1. The molecule has 0 bridgehead atoms. The Kier molecular flexibility index (Phi) is 6.71. The number of rotatable bonds is 6. The van der Waals surface area contributed by atoms with Crippen LogP contribution >= 0.6 is 11.8 Å². The minimum Gasteiger partial charge on any atom is -0.482 e. The van der Waals surface area contributed by atoms with Gasteiger partial charge in [0.25, 0.3) is 5.91 Å². The monoisotopic (exact) mass is 399 g/mol. The number of thioether (sulfide) groups is 1. The molecule has 1 heterocycles. The van der Waals surface area contributed by atoms with Crippen molar-refractivity contribution in [3.63, 3.8) is 0 Å². The van der Waals surface area contributed by atoms with Crippen LogP contribution in [-0.4, -0.2) is 43.2 Å². The lowest BCUT2D eigenvalue weighted by molar-refractivity contribution is -0.149. The summed E-state index contributed by atoms with van der Waals surface area (Å²) in [5.41, 5.74) is 1.37. The molecule has 2 aromatic rings. The topological polar surface area (TPSA) is 72.9 Å². The SMILES string of the molecule is C[C@H]1CCN(C(=O)COC(=O)COc2ccc(C=O)cc2)c2ccccc2S1. The Morgan fingerprint density at radius 3 is 2.64 bits per heavy atom. The van der Waals surface area contributed by atoms with Crippen molar-refractivity contribution in [3.05, 3.63) is 54.1 Å². The number of fused-ring (bicyclic) bond motifs is 1. The van der Waals surface area contributed by atoms with Crippen molar-refractivity contribution >= 4 is 35.6 Å². The third kappa shape index (κ3) is 5.13. The summed E-state index contributed by atoms with van der Waals surface area (Å²) in [7, 11) is 0. The van der Waals surface area contributed by atoms with Crippen molar-refractivity contribution in [1.29, 1.82) is 0 Å². The van der Waals surface area contributed by atoms with Gasteiger partial charge in [-0.15, -0.1) is 11.8 Å². The molecule has 28 heavy (non-hydrogen) atoms. The number of hydrogen-bond acceptors (Lipinski definition) is 6. The molecule has 1 amide bonds. The smallest absolute Gasteiger partial charge is 0.344 e. The minimum absolute atomic E-state index is 0.258. The largest absolute Gasteiger partial charge is 0.482 e. The Labute approximate surface area is 167 Å². The van der Waals surface area contributed by atoms with Gasteiger partial charge >= 0.3 is 5.97 Å². The zero-order valence-corrected chi connectivity index (χ0v) is 16.3. The van der Waals surface area contributed by atoms with E-state index < -0.39 is 5.97 Å². The van der Waals surface area contributed by atoms with Gasteiger partial charge in [0, 0.05) is 22.3 Å². The maximum Gasteiger partial charge on any atom is 0.344 e. The molecule has 0 spiro atoms. The Morgan fingerprint density at radius 2 is 1.89 bits per heavy atom. The molecule has 0 unspecified atom stereocenters. The first kappa shape index (κ1) is 19.9. The number of hydrogen-bond donors (Lipinski definition) is 0. The van der Waals surface area contributed by atoms with Gasteiger partial charge in [-0.05, 0) is 42.8 Å². The van der Waals surface area contributed by atoms with Crippen LogP contribution in [0.3, 0.4) is 0 Å². The van der Waals surface area contributed by atoms with E-state index in [1.165, 1.54) is 0 Å². The summed E-state index contributed by atoms with van der Waals surface area (Å²) in [4.78, 5) is 37.9. The third-order valence-corrected chi connectivity index (χ3v) is 5.51. The Balaban J connectivity index is 1.53. The molecule has 7 heteroatoms. The van der Waals surface area contributed by atoms with Crippen LogP contribution in [-0.2, 0) is 14.3 Å². The molecular weight excluding hydrogens is 378 g/mol. The second-order valence-corrected chi connectivity index (χ2v) is 7.85. The Hall–Kier alpha value is -2.80. The molecule has 1 atom stereocenters. The highest BCUT2D eigenvalue weighted by Gasteiger charge is 2.24. The van der Waals surface area contributed by atoms with Gasteiger partial charge in [0.05, 0.1) is 5.69 Å². The predicted octanol–water partition coefficient (Wildman–Crippen LogP) is 3.34. The van der Waals surface area contributed by atoms with Crippen LogP contribution in [0.2, 0.25) is 0 Å². The first-order chi connectivity index (χ1) is 13.6. The van der Waals surface area contributed by atoms with Crippen molar-refractivity contribution in [2.24, 2.45) is 0 Å². The number of amides is 1. The average Bonchev–Trinajstić information content (AvgIpc) is 2.89. The number of nitrogens with zero attached hydrogens (tertiary/aromatic N) is 1. The fourth-order valence-corrected chi connectivity index (χ4v) is 3.91. The summed E-state index contributed by atoms with van der Waals surface area (Å²) in [5, 5.41) is 0.403. The van der Waals surface area contributed by atoms with E-state index in [1.54, 1.807) is 40.9 Å². The molecule has 0 radical (unpaired) electrons. The van der Waals surface area contributed by atoms with E-state index >= 15 is 0 Å². The quantitative estimate of drug-likeness (QED) is 0.548.